The maximum atomic E-state index is 12.6. The lowest BCUT2D eigenvalue weighted by molar-refractivity contribution is -0.0997. The molecule has 2 rings (SSSR count). The molecular weight excluding hydrogens is 396 g/mol. The highest BCUT2D eigenvalue weighted by Crippen LogP contribution is 2.45. The molecule has 6 heteroatoms. The summed E-state index contributed by atoms with van der Waals surface area (Å²) < 4.78 is 12.6. The summed E-state index contributed by atoms with van der Waals surface area (Å²) >= 11 is 0. The van der Waals surface area contributed by atoms with E-state index in [1.54, 1.807) is 30.3 Å². The predicted molar refractivity (Wildman–Crippen MR) is 122 cm³/mol. The quantitative estimate of drug-likeness (QED) is 0.348. The van der Waals surface area contributed by atoms with Gasteiger partial charge in [0.25, 0.3) is 0 Å². The Morgan fingerprint density at radius 2 is 1.63 bits per heavy atom. The highest BCUT2D eigenvalue weighted by atomic mass is 28.4. The average Bonchev–Trinajstić information content (AvgIpc) is 2.68. The number of hydrogen-bond acceptors (Lipinski definition) is 5. The molecule has 0 radical (unpaired) electrons. The number of ether oxygens (including phenoxy) is 1. The van der Waals surface area contributed by atoms with Gasteiger partial charge in [-0.05, 0) is 47.3 Å². The second kappa shape index (κ2) is 9.77. The fourth-order valence-electron chi connectivity index (χ4n) is 5.03. The van der Waals surface area contributed by atoms with Crippen LogP contribution in [0, 0.1) is 0 Å². The fourth-order valence-corrected chi connectivity index (χ4v) is 10.6. The minimum absolute atomic E-state index is 0.260. The number of benzene rings is 1. The molecule has 0 spiro atoms. The summed E-state index contributed by atoms with van der Waals surface area (Å²) in [5.41, 5.74) is 0.901. The van der Waals surface area contributed by atoms with Crippen molar-refractivity contribution < 1.29 is 24.2 Å². The molecule has 5 nitrogen and oxygen atoms in total. The van der Waals surface area contributed by atoms with Crippen LogP contribution in [0.1, 0.15) is 65.2 Å². The highest BCUT2D eigenvalue weighted by Gasteiger charge is 2.50. The zero-order valence-corrected chi connectivity index (χ0v) is 20.4. The van der Waals surface area contributed by atoms with Crippen molar-refractivity contribution in [3.63, 3.8) is 0 Å². The van der Waals surface area contributed by atoms with Gasteiger partial charge in [-0.25, -0.2) is 4.79 Å². The molecular formula is C24H38O5Si. The number of aliphatic hydroxyl groups is 2. The molecule has 0 heterocycles. The Morgan fingerprint density at radius 3 is 2.10 bits per heavy atom. The molecule has 0 aliphatic heterocycles. The number of carbonyl (C=O) groups is 1. The lowest BCUT2D eigenvalue weighted by atomic mass is 9.83. The van der Waals surface area contributed by atoms with Gasteiger partial charge < -0.3 is 19.4 Å². The Labute approximate surface area is 182 Å². The van der Waals surface area contributed by atoms with Gasteiger partial charge in [0, 0.05) is 6.42 Å². The maximum Gasteiger partial charge on any atom is 0.338 e. The van der Waals surface area contributed by atoms with Crippen molar-refractivity contribution in [2.45, 2.75) is 89.3 Å². The van der Waals surface area contributed by atoms with E-state index < -0.39 is 32.6 Å². The van der Waals surface area contributed by atoms with Crippen LogP contribution in [0.15, 0.2) is 42.0 Å². The molecule has 3 atom stereocenters. The van der Waals surface area contributed by atoms with Crippen molar-refractivity contribution in [3.8, 4) is 0 Å². The Morgan fingerprint density at radius 1 is 1.10 bits per heavy atom. The largest absolute Gasteiger partial charge is 0.455 e. The van der Waals surface area contributed by atoms with E-state index in [1.165, 1.54) is 0 Å². The van der Waals surface area contributed by atoms with E-state index in [0.717, 1.165) is 5.57 Å². The first kappa shape index (κ1) is 24.8. The van der Waals surface area contributed by atoms with E-state index in [0.29, 0.717) is 28.6 Å². The Hall–Kier alpha value is -1.47. The normalized spacial score (nSPS) is 25.0. The van der Waals surface area contributed by atoms with E-state index in [1.807, 2.05) is 13.0 Å². The number of rotatable bonds is 8. The highest BCUT2D eigenvalue weighted by molar-refractivity contribution is 6.77. The van der Waals surface area contributed by atoms with Gasteiger partial charge in [0.1, 0.15) is 11.7 Å². The monoisotopic (exact) mass is 434 g/mol. The smallest absolute Gasteiger partial charge is 0.338 e. The second-order valence-electron chi connectivity index (χ2n) is 9.46. The van der Waals surface area contributed by atoms with Crippen LogP contribution in [0.3, 0.4) is 0 Å². The standard InChI is InChI=1S/C24H38O5Si/c1-16(2)30(17(3)4,18(5)6)29-21-13-22(24(27,15-25)14-19(21)7)28-23(26)20-11-9-8-10-12-20/h8-12,14,16-18,21-22,25,27H,13,15H2,1-7H3/t21-,22-,24+/m0/s1. The van der Waals surface area contributed by atoms with Crippen LogP contribution < -0.4 is 0 Å². The molecule has 1 aromatic carbocycles. The van der Waals surface area contributed by atoms with Gasteiger partial charge in [0.2, 0.25) is 8.32 Å². The zero-order valence-electron chi connectivity index (χ0n) is 19.4. The van der Waals surface area contributed by atoms with Gasteiger partial charge in [0.15, 0.2) is 0 Å². The summed E-state index contributed by atoms with van der Waals surface area (Å²) in [5, 5.41) is 20.9. The SMILES string of the molecule is CC1=C[C@@](O)(CO)[C@@H](OC(=O)c2ccccc2)C[C@@H]1O[Si](C(C)C)(C(C)C)C(C)C. The van der Waals surface area contributed by atoms with Crippen molar-refractivity contribution in [2.75, 3.05) is 6.61 Å². The minimum atomic E-state index is -2.17. The molecule has 0 bridgehead atoms. The Balaban J connectivity index is 2.34. The lowest BCUT2D eigenvalue weighted by Gasteiger charge is -2.47. The molecule has 30 heavy (non-hydrogen) atoms. The third-order valence-electron chi connectivity index (χ3n) is 6.54. The summed E-state index contributed by atoms with van der Waals surface area (Å²) in [7, 11) is -2.17. The molecule has 0 saturated heterocycles. The van der Waals surface area contributed by atoms with E-state index in [-0.39, 0.29) is 6.10 Å². The van der Waals surface area contributed by atoms with Crippen LogP contribution in [0.2, 0.25) is 16.6 Å². The number of esters is 1. The van der Waals surface area contributed by atoms with Gasteiger partial charge in [0.05, 0.1) is 18.3 Å². The molecule has 1 aliphatic rings. The van der Waals surface area contributed by atoms with Gasteiger partial charge in [-0.3, -0.25) is 0 Å². The van der Waals surface area contributed by atoms with Crippen LogP contribution in [-0.4, -0.2) is 48.9 Å². The lowest BCUT2D eigenvalue weighted by Crippen LogP contribution is -2.56. The molecule has 168 valence electrons. The van der Waals surface area contributed by atoms with E-state index in [4.69, 9.17) is 9.16 Å². The van der Waals surface area contributed by atoms with Crippen molar-refractivity contribution in [1.82, 2.24) is 0 Å². The third kappa shape index (κ3) is 4.88. The second-order valence-corrected chi connectivity index (χ2v) is 14.9. The minimum Gasteiger partial charge on any atom is -0.455 e. The van der Waals surface area contributed by atoms with Gasteiger partial charge in [-0.1, -0.05) is 59.7 Å². The predicted octanol–water partition coefficient (Wildman–Crippen LogP) is 4.85. The first-order valence-electron chi connectivity index (χ1n) is 10.9. The maximum absolute atomic E-state index is 12.6. The Kier molecular flexibility index (Phi) is 8.07. The average molecular weight is 435 g/mol. The van der Waals surface area contributed by atoms with Crippen molar-refractivity contribution in [1.29, 1.82) is 0 Å². The summed E-state index contributed by atoms with van der Waals surface area (Å²) in [4.78, 5) is 12.6. The zero-order chi connectivity index (χ0) is 22.7. The van der Waals surface area contributed by atoms with E-state index in [2.05, 4.69) is 41.5 Å². The number of hydrogen-bond donors (Lipinski definition) is 2. The molecule has 0 unspecified atom stereocenters. The van der Waals surface area contributed by atoms with Crippen LogP contribution in [0.4, 0.5) is 0 Å². The van der Waals surface area contributed by atoms with Crippen molar-refractivity contribution in [3.05, 3.63) is 47.5 Å². The van der Waals surface area contributed by atoms with Crippen LogP contribution in [0.5, 0.6) is 0 Å². The topological polar surface area (TPSA) is 76.0 Å². The van der Waals surface area contributed by atoms with Crippen molar-refractivity contribution >= 4 is 14.3 Å². The van der Waals surface area contributed by atoms with Crippen LogP contribution >= 0.6 is 0 Å². The van der Waals surface area contributed by atoms with Crippen molar-refractivity contribution in [2.24, 2.45) is 0 Å². The summed E-state index contributed by atoms with van der Waals surface area (Å²) in [5.74, 6) is -0.515. The molecule has 1 aromatic rings. The number of aliphatic hydroxyl groups excluding tert-OH is 1. The first-order chi connectivity index (χ1) is 14.0. The first-order valence-corrected chi connectivity index (χ1v) is 13.1. The summed E-state index contributed by atoms with van der Waals surface area (Å²) in [6.45, 7) is 14.8. The van der Waals surface area contributed by atoms with Gasteiger partial charge >= 0.3 is 5.97 Å². The number of carbonyl (C=O) groups excluding carboxylic acids is 1. The fraction of sp³-hybridized carbons (Fsp3) is 0.625. The van der Waals surface area contributed by atoms with E-state index in [9.17, 15) is 15.0 Å². The molecule has 0 fully saturated rings. The van der Waals surface area contributed by atoms with Crippen LogP contribution in [0.25, 0.3) is 0 Å². The van der Waals surface area contributed by atoms with Gasteiger partial charge in [-0.2, -0.15) is 0 Å². The third-order valence-corrected chi connectivity index (χ3v) is 12.6. The molecule has 0 saturated carbocycles. The molecule has 1 aliphatic carbocycles. The molecule has 2 N–H and O–H groups in total. The van der Waals surface area contributed by atoms with Crippen LogP contribution in [-0.2, 0) is 9.16 Å². The van der Waals surface area contributed by atoms with E-state index >= 15 is 0 Å². The summed E-state index contributed by atoms with van der Waals surface area (Å²) in [6, 6.07) is 8.70. The molecule has 0 aromatic heterocycles. The summed E-state index contributed by atoms with van der Waals surface area (Å²) in [6.07, 6.45) is 0.787. The van der Waals surface area contributed by atoms with Gasteiger partial charge in [-0.15, -0.1) is 0 Å². The molecule has 0 amide bonds. The Bertz CT molecular complexity index is 721.